The lowest BCUT2D eigenvalue weighted by atomic mass is 10.1. The van der Waals surface area contributed by atoms with Crippen LogP contribution in [0.4, 0.5) is 0 Å². The molecule has 1 atom stereocenters. The number of carbonyl (C=O) groups excluding carboxylic acids is 2. The van der Waals surface area contributed by atoms with E-state index in [0.717, 1.165) is 44.8 Å². The minimum Gasteiger partial charge on any atom is -0.483 e. The number of carbonyl (C=O) groups is 2. The van der Waals surface area contributed by atoms with Gasteiger partial charge in [-0.15, -0.1) is 0 Å². The average molecular weight is 572 g/mol. The standard InChI is InChI=1S/C26H33Cl3N4O4/c1-18(16-34)30-25(35)17-37-24-14-20(27)4-5-21(24)26(36)31(2)7-8-32-9-11-33(12-10-32)15-19-3-6-22(28)23(29)13-19/h3-6,13-14,18,34H,7-12,15-17H2,1-2H3,(H,30,35). The zero-order valence-electron chi connectivity index (χ0n) is 21.1. The van der Waals surface area contributed by atoms with Crippen molar-refractivity contribution in [2.24, 2.45) is 0 Å². The summed E-state index contributed by atoms with van der Waals surface area (Å²) in [7, 11) is 1.75. The van der Waals surface area contributed by atoms with Gasteiger partial charge >= 0.3 is 0 Å². The highest BCUT2D eigenvalue weighted by atomic mass is 35.5. The molecule has 3 rings (SSSR count). The number of aliphatic hydroxyl groups is 1. The molecule has 0 saturated carbocycles. The van der Waals surface area contributed by atoms with Crippen molar-refractivity contribution in [3.8, 4) is 5.75 Å². The summed E-state index contributed by atoms with van der Waals surface area (Å²) < 4.78 is 5.61. The van der Waals surface area contributed by atoms with Crippen molar-refractivity contribution in [2.45, 2.75) is 19.5 Å². The Hall–Kier alpha value is -2.07. The number of aliphatic hydroxyl groups excluding tert-OH is 1. The third-order valence-corrected chi connectivity index (χ3v) is 7.14. The number of halogens is 3. The van der Waals surface area contributed by atoms with Crippen molar-refractivity contribution >= 4 is 46.6 Å². The second kappa shape index (κ2) is 14.2. The minimum absolute atomic E-state index is 0.177. The van der Waals surface area contributed by atoms with E-state index in [4.69, 9.17) is 44.6 Å². The van der Waals surface area contributed by atoms with Crippen LogP contribution in [0.1, 0.15) is 22.8 Å². The lowest BCUT2D eigenvalue weighted by Gasteiger charge is -2.35. The Morgan fingerprint density at radius 1 is 1.05 bits per heavy atom. The lowest BCUT2D eigenvalue weighted by Crippen LogP contribution is -2.48. The molecule has 2 aromatic carbocycles. The number of likely N-dealkylation sites (N-methyl/N-ethyl adjacent to an activating group) is 1. The smallest absolute Gasteiger partial charge is 0.258 e. The first-order valence-electron chi connectivity index (χ1n) is 12.1. The highest BCUT2D eigenvalue weighted by Gasteiger charge is 2.21. The fraction of sp³-hybridized carbons (Fsp3) is 0.462. The molecule has 37 heavy (non-hydrogen) atoms. The number of ether oxygens (including phenoxy) is 1. The van der Waals surface area contributed by atoms with Gasteiger partial charge in [-0.2, -0.15) is 0 Å². The molecule has 0 aromatic heterocycles. The average Bonchev–Trinajstić information content (AvgIpc) is 2.88. The van der Waals surface area contributed by atoms with Gasteiger partial charge in [0.1, 0.15) is 5.75 Å². The molecule has 1 heterocycles. The van der Waals surface area contributed by atoms with Crippen molar-refractivity contribution < 1.29 is 19.4 Å². The van der Waals surface area contributed by atoms with Gasteiger partial charge in [-0.3, -0.25) is 19.4 Å². The number of benzene rings is 2. The Morgan fingerprint density at radius 2 is 1.76 bits per heavy atom. The molecular weight excluding hydrogens is 539 g/mol. The van der Waals surface area contributed by atoms with Crippen molar-refractivity contribution in [2.75, 3.05) is 59.5 Å². The number of amides is 2. The SMILES string of the molecule is CC(CO)NC(=O)COc1cc(Cl)ccc1C(=O)N(C)CCN1CCN(Cc2ccc(Cl)c(Cl)c2)CC1. The van der Waals surface area contributed by atoms with Crippen LogP contribution in [0, 0.1) is 0 Å². The molecule has 0 bridgehead atoms. The minimum atomic E-state index is -0.397. The van der Waals surface area contributed by atoms with Crippen LogP contribution in [-0.2, 0) is 11.3 Å². The van der Waals surface area contributed by atoms with Crippen molar-refractivity contribution in [1.82, 2.24) is 20.0 Å². The van der Waals surface area contributed by atoms with Crippen LogP contribution in [-0.4, -0.2) is 97.2 Å². The molecule has 2 aromatic rings. The van der Waals surface area contributed by atoms with Gasteiger partial charge < -0.3 is 20.1 Å². The summed E-state index contributed by atoms with van der Waals surface area (Å²) in [6.45, 7) is 6.96. The normalized spacial score (nSPS) is 15.3. The molecule has 0 radical (unpaired) electrons. The van der Waals surface area contributed by atoms with Gasteiger partial charge in [-0.1, -0.05) is 40.9 Å². The molecule has 11 heteroatoms. The van der Waals surface area contributed by atoms with E-state index in [1.165, 1.54) is 6.07 Å². The zero-order valence-corrected chi connectivity index (χ0v) is 23.3. The van der Waals surface area contributed by atoms with Gasteiger partial charge in [0.2, 0.25) is 0 Å². The van der Waals surface area contributed by atoms with Gasteiger partial charge in [-0.05, 0) is 42.8 Å². The second-order valence-corrected chi connectivity index (χ2v) is 10.4. The molecule has 1 aliphatic rings. The predicted molar refractivity (Wildman–Crippen MR) is 147 cm³/mol. The van der Waals surface area contributed by atoms with Crippen LogP contribution in [0.3, 0.4) is 0 Å². The fourth-order valence-corrected chi connectivity index (χ4v) is 4.45. The predicted octanol–water partition coefficient (Wildman–Crippen LogP) is 3.41. The van der Waals surface area contributed by atoms with Crippen LogP contribution in [0.2, 0.25) is 15.1 Å². The van der Waals surface area contributed by atoms with Crippen LogP contribution in [0.5, 0.6) is 5.75 Å². The number of nitrogens with one attached hydrogen (secondary N) is 1. The largest absolute Gasteiger partial charge is 0.483 e. The maximum atomic E-state index is 13.1. The van der Waals surface area contributed by atoms with Gasteiger partial charge in [0.15, 0.2) is 6.61 Å². The van der Waals surface area contributed by atoms with Crippen LogP contribution in [0.15, 0.2) is 36.4 Å². The molecular formula is C26H33Cl3N4O4. The molecule has 1 unspecified atom stereocenters. The highest BCUT2D eigenvalue weighted by Crippen LogP contribution is 2.25. The zero-order chi connectivity index (χ0) is 26.9. The van der Waals surface area contributed by atoms with Crippen molar-refractivity contribution in [1.29, 1.82) is 0 Å². The van der Waals surface area contributed by atoms with Crippen molar-refractivity contribution in [3.63, 3.8) is 0 Å². The first-order chi connectivity index (χ1) is 17.7. The number of hydrogen-bond acceptors (Lipinski definition) is 6. The quantitative estimate of drug-likeness (QED) is 0.430. The molecule has 8 nitrogen and oxygen atoms in total. The summed E-state index contributed by atoms with van der Waals surface area (Å²) in [6, 6.07) is 10.1. The van der Waals surface area contributed by atoms with Gasteiger partial charge in [-0.25, -0.2) is 0 Å². The highest BCUT2D eigenvalue weighted by molar-refractivity contribution is 6.42. The first kappa shape index (κ1) is 29.5. The number of rotatable bonds is 11. The maximum absolute atomic E-state index is 13.1. The Labute approximate surface area is 233 Å². The van der Waals surface area contributed by atoms with Gasteiger partial charge in [0.05, 0.1) is 22.2 Å². The lowest BCUT2D eigenvalue weighted by molar-refractivity contribution is -0.124. The molecule has 1 fully saturated rings. The number of hydrogen-bond donors (Lipinski definition) is 2. The van der Waals surface area contributed by atoms with E-state index in [9.17, 15) is 9.59 Å². The Kier molecular flexibility index (Phi) is 11.3. The summed E-state index contributed by atoms with van der Waals surface area (Å²) in [5, 5.41) is 13.2. The molecule has 0 aliphatic carbocycles. The molecule has 0 spiro atoms. The number of nitrogens with zero attached hydrogens (tertiary/aromatic N) is 3. The molecule has 1 saturated heterocycles. The van der Waals surface area contributed by atoms with E-state index < -0.39 is 5.91 Å². The summed E-state index contributed by atoms with van der Waals surface area (Å²) in [5.74, 6) is -0.368. The van der Waals surface area contributed by atoms with E-state index in [1.807, 2.05) is 18.2 Å². The Balaban J connectivity index is 1.48. The van der Waals surface area contributed by atoms with E-state index in [-0.39, 0.29) is 30.9 Å². The molecule has 2 N–H and O–H groups in total. The summed E-state index contributed by atoms with van der Waals surface area (Å²) in [6.07, 6.45) is 0. The van der Waals surface area contributed by atoms with Crippen molar-refractivity contribution in [3.05, 3.63) is 62.6 Å². The monoisotopic (exact) mass is 570 g/mol. The van der Waals surface area contributed by atoms with E-state index in [2.05, 4.69) is 15.1 Å². The van der Waals surface area contributed by atoms with Gasteiger partial charge in [0.25, 0.3) is 11.8 Å². The summed E-state index contributed by atoms with van der Waals surface area (Å²) >= 11 is 18.3. The molecule has 202 valence electrons. The summed E-state index contributed by atoms with van der Waals surface area (Å²) in [5.41, 5.74) is 1.47. The topological polar surface area (TPSA) is 85.3 Å². The van der Waals surface area contributed by atoms with Crippen LogP contribution < -0.4 is 10.1 Å². The molecule has 1 aliphatic heterocycles. The molecule has 2 amide bonds. The van der Waals surface area contributed by atoms with E-state index in [0.29, 0.717) is 27.2 Å². The Bertz CT molecular complexity index is 1080. The third kappa shape index (κ3) is 9.02. The third-order valence-electron chi connectivity index (χ3n) is 6.17. The second-order valence-electron chi connectivity index (χ2n) is 9.17. The Morgan fingerprint density at radius 3 is 2.43 bits per heavy atom. The van der Waals surface area contributed by atoms with Gasteiger partial charge in [0, 0.05) is 63.9 Å². The van der Waals surface area contributed by atoms with Crippen LogP contribution in [0.25, 0.3) is 0 Å². The van der Waals surface area contributed by atoms with E-state index >= 15 is 0 Å². The first-order valence-corrected chi connectivity index (χ1v) is 13.3. The number of piperazine rings is 1. The fourth-order valence-electron chi connectivity index (χ4n) is 3.96. The summed E-state index contributed by atoms with van der Waals surface area (Å²) in [4.78, 5) is 31.5. The maximum Gasteiger partial charge on any atom is 0.258 e. The van der Waals surface area contributed by atoms with E-state index in [1.54, 1.807) is 31.0 Å². The van der Waals surface area contributed by atoms with Crippen LogP contribution >= 0.6 is 34.8 Å².